The second-order valence-electron chi connectivity index (χ2n) is 4.34. The van der Waals surface area contributed by atoms with E-state index in [0.717, 1.165) is 26.2 Å². The summed E-state index contributed by atoms with van der Waals surface area (Å²) in [5, 5.41) is 3.36. The molecule has 0 heterocycles. The van der Waals surface area contributed by atoms with Crippen LogP contribution in [0.25, 0.3) is 0 Å². The minimum atomic E-state index is 0.974. The van der Waals surface area contributed by atoms with E-state index in [1.54, 1.807) is 0 Å². The second kappa shape index (κ2) is 7.42. The third-order valence-electron chi connectivity index (χ3n) is 2.63. The van der Waals surface area contributed by atoms with Gasteiger partial charge in [-0.25, -0.2) is 0 Å². The summed E-state index contributed by atoms with van der Waals surface area (Å²) in [6, 6.07) is 8.85. The largest absolute Gasteiger partial charge is 0.313 e. The summed E-state index contributed by atoms with van der Waals surface area (Å²) in [6.45, 7) is 8.57. The van der Waals surface area contributed by atoms with Crippen molar-refractivity contribution in [3.8, 4) is 0 Å². The fraction of sp³-hybridized carbons (Fsp3) is 0.571. The molecule has 16 heavy (non-hydrogen) atoms. The smallest absolute Gasteiger partial charge is 0.0230 e. The minimum Gasteiger partial charge on any atom is -0.313 e. The van der Waals surface area contributed by atoms with Gasteiger partial charge in [0.1, 0.15) is 0 Å². The molecule has 0 saturated heterocycles. The summed E-state index contributed by atoms with van der Waals surface area (Å²) in [7, 11) is 2.18. The normalized spacial score (nSPS) is 11.0. The molecule has 1 N–H and O–H groups in total. The maximum atomic E-state index is 3.36. The fourth-order valence-corrected chi connectivity index (χ4v) is 1.88. The summed E-state index contributed by atoms with van der Waals surface area (Å²) in [5.41, 5.74) is 2.79. The number of hydrogen-bond acceptors (Lipinski definition) is 2. The molecular formula is C14H24N2. The van der Waals surface area contributed by atoms with Crippen molar-refractivity contribution in [2.24, 2.45) is 0 Å². The minimum absolute atomic E-state index is 0.974. The van der Waals surface area contributed by atoms with Gasteiger partial charge in [-0.1, -0.05) is 38.1 Å². The van der Waals surface area contributed by atoms with Crippen molar-refractivity contribution in [3.05, 3.63) is 35.4 Å². The van der Waals surface area contributed by atoms with Crippen LogP contribution in [-0.4, -0.2) is 25.0 Å². The van der Waals surface area contributed by atoms with Gasteiger partial charge in [0.25, 0.3) is 0 Å². The summed E-state index contributed by atoms with van der Waals surface area (Å²) >= 11 is 0. The first-order valence-corrected chi connectivity index (χ1v) is 6.23. The van der Waals surface area contributed by atoms with Gasteiger partial charge in [-0.05, 0) is 37.7 Å². The van der Waals surface area contributed by atoms with Gasteiger partial charge in [-0.15, -0.1) is 0 Å². The zero-order chi connectivity index (χ0) is 11.8. The van der Waals surface area contributed by atoms with E-state index in [2.05, 4.69) is 55.4 Å². The Bertz CT molecular complexity index is 297. The summed E-state index contributed by atoms with van der Waals surface area (Å²) in [5.74, 6) is 0. The molecule has 0 radical (unpaired) electrons. The van der Waals surface area contributed by atoms with Crippen LogP contribution in [0.3, 0.4) is 0 Å². The van der Waals surface area contributed by atoms with Crippen LogP contribution >= 0.6 is 0 Å². The Morgan fingerprint density at radius 3 is 2.62 bits per heavy atom. The first kappa shape index (κ1) is 13.2. The van der Waals surface area contributed by atoms with Crippen LogP contribution in [0.1, 0.15) is 31.4 Å². The Hall–Kier alpha value is -0.860. The third-order valence-corrected chi connectivity index (χ3v) is 2.63. The Labute approximate surface area is 99.7 Å². The topological polar surface area (TPSA) is 15.3 Å². The highest BCUT2D eigenvalue weighted by Gasteiger charge is 2.00. The highest BCUT2D eigenvalue weighted by molar-refractivity contribution is 5.23. The van der Waals surface area contributed by atoms with Crippen molar-refractivity contribution in [1.29, 1.82) is 0 Å². The van der Waals surface area contributed by atoms with Crippen LogP contribution in [0.15, 0.2) is 24.3 Å². The van der Waals surface area contributed by atoms with Crippen molar-refractivity contribution < 1.29 is 0 Å². The number of nitrogens with zero attached hydrogens (tertiary/aromatic N) is 1. The van der Waals surface area contributed by atoms with Gasteiger partial charge in [0.2, 0.25) is 0 Å². The Kier molecular flexibility index (Phi) is 6.12. The monoisotopic (exact) mass is 220 g/mol. The van der Waals surface area contributed by atoms with Crippen LogP contribution in [0, 0.1) is 0 Å². The lowest BCUT2D eigenvalue weighted by Crippen LogP contribution is -2.18. The average molecular weight is 220 g/mol. The molecular weight excluding hydrogens is 196 g/mol. The maximum absolute atomic E-state index is 3.36. The molecule has 1 aromatic carbocycles. The second-order valence-corrected chi connectivity index (χ2v) is 4.34. The van der Waals surface area contributed by atoms with Crippen molar-refractivity contribution >= 4 is 0 Å². The molecule has 1 rings (SSSR count). The van der Waals surface area contributed by atoms with Gasteiger partial charge in [0, 0.05) is 13.1 Å². The zero-order valence-electron chi connectivity index (χ0n) is 10.8. The molecule has 1 aromatic rings. The van der Waals surface area contributed by atoms with Crippen LogP contribution in [0.5, 0.6) is 0 Å². The van der Waals surface area contributed by atoms with E-state index in [0.29, 0.717) is 0 Å². The van der Waals surface area contributed by atoms with Crippen LogP contribution in [0.2, 0.25) is 0 Å². The molecule has 2 heteroatoms. The standard InChI is InChI=1S/C14H24N2/c1-4-9-16(3)12-14-8-6-7-13(10-14)11-15-5-2/h6-8,10,15H,4-5,9,11-12H2,1-3H3. The number of nitrogens with one attached hydrogen (secondary N) is 1. The van der Waals surface area contributed by atoms with Gasteiger partial charge in [0.05, 0.1) is 0 Å². The van der Waals surface area contributed by atoms with Crippen LogP contribution in [-0.2, 0) is 13.1 Å². The van der Waals surface area contributed by atoms with E-state index in [1.807, 2.05) is 0 Å². The molecule has 0 amide bonds. The van der Waals surface area contributed by atoms with Gasteiger partial charge in [-0.3, -0.25) is 0 Å². The fourth-order valence-electron chi connectivity index (χ4n) is 1.88. The Morgan fingerprint density at radius 2 is 1.94 bits per heavy atom. The van der Waals surface area contributed by atoms with Gasteiger partial charge in [-0.2, -0.15) is 0 Å². The Morgan fingerprint density at radius 1 is 1.19 bits per heavy atom. The first-order chi connectivity index (χ1) is 7.76. The van der Waals surface area contributed by atoms with E-state index < -0.39 is 0 Å². The van der Waals surface area contributed by atoms with Crippen molar-refractivity contribution in [2.75, 3.05) is 20.1 Å². The highest BCUT2D eigenvalue weighted by Crippen LogP contribution is 2.07. The van der Waals surface area contributed by atoms with Gasteiger partial charge >= 0.3 is 0 Å². The highest BCUT2D eigenvalue weighted by atomic mass is 15.1. The van der Waals surface area contributed by atoms with Crippen LogP contribution < -0.4 is 5.32 Å². The lowest BCUT2D eigenvalue weighted by Gasteiger charge is -2.16. The molecule has 0 atom stereocenters. The van der Waals surface area contributed by atoms with E-state index in [9.17, 15) is 0 Å². The molecule has 0 spiro atoms. The number of hydrogen-bond donors (Lipinski definition) is 1. The SMILES string of the molecule is CCCN(C)Cc1cccc(CNCC)c1. The van der Waals surface area contributed by atoms with Crippen molar-refractivity contribution in [1.82, 2.24) is 10.2 Å². The van der Waals surface area contributed by atoms with Crippen LogP contribution in [0.4, 0.5) is 0 Å². The molecule has 0 fully saturated rings. The van der Waals surface area contributed by atoms with E-state index in [-0.39, 0.29) is 0 Å². The Balaban J connectivity index is 2.52. The molecule has 0 saturated carbocycles. The average Bonchev–Trinajstić information content (AvgIpc) is 2.27. The molecule has 0 bridgehead atoms. The molecule has 0 aliphatic carbocycles. The van der Waals surface area contributed by atoms with E-state index in [4.69, 9.17) is 0 Å². The zero-order valence-corrected chi connectivity index (χ0v) is 10.8. The number of benzene rings is 1. The predicted molar refractivity (Wildman–Crippen MR) is 70.4 cm³/mol. The number of rotatable bonds is 7. The predicted octanol–water partition coefficient (Wildman–Crippen LogP) is 2.64. The van der Waals surface area contributed by atoms with E-state index >= 15 is 0 Å². The first-order valence-electron chi connectivity index (χ1n) is 6.23. The molecule has 90 valence electrons. The molecule has 0 aliphatic heterocycles. The summed E-state index contributed by atoms with van der Waals surface area (Å²) < 4.78 is 0. The van der Waals surface area contributed by atoms with Gasteiger partial charge < -0.3 is 10.2 Å². The maximum Gasteiger partial charge on any atom is 0.0230 e. The van der Waals surface area contributed by atoms with Crippen molar-refractivity contribution in [3.63, 3.8) is 0 Å². The summed E-state index contributed by atoms with van der Waals surface area (Å²) in [6.07, 6.45) is 1.22. The lowest BCUT2D eigenvalue weighted by molar-refractivity contribution is 0.327. The molecule has 0 aliphatic rings. The van der Waals surface area contributed by atoms with Gasteiger partial charge in [0.15, 0.2) is 0 Å². The molecule has 2 nitrogen and oxygen atoms in total. The van der Waals surface area contributed by atoms with E-state index in [1.165, 1.54) is 17.5 Å². The molecule has 0 unspecified atom stereocenters. The lowest BCUT2D eigenvalue weighted by atomic mass is 10.1. The molecule has 0 aromatic heterocycles. The quantitative estimate of drug-likeness (QED) is 0.760. The van der Waals surface area contributed by atoms with Crippen molar-refractivity contribution in [2.45, 2.75) is 33.4 Å². The summed E-state index contributed by atoms with van der Waals surface area (Å²) in [4.78, 5) is 2.37. The third kappa shape index (κ3) is 4.77.